The molecular weight excluding hydrogens is 200 g/mol. The lowest BCUT2D eigenvalue weighted by Crippen LogP contribution is -2.42. The highest BCUT2D eigenvalue weighted by molar-refractivity contribution is 4.86. The molecule has 0 bridgehead atoms. The van der Waals surface area contributed by atoms with Gasteiger partial charge in [0.2, 0.25) is 0 Å². The smallest absolute Gasteiger partial charge is 0.0480 e. The van der Waals surface area contributed by atoms with Gasteiger partial charge in [0.25, 0.3) is 0 Å². The third-order valence-electron chi connectivity index (χ3n) is 3.97. The number of likely N-dealkylation sites (N-methyl/N-ethyl adjacent to an activating group) is 1. The lowest BCUT2D eigenvalue weighted by atomic mass is 10.1. The molecule has 1 saturated carbocycles. The molecule has 0 radical (unpaired) electrons. The van der Waals surface area contributed by atoms with Gasteiger partial charge in [0, 0.05) is 37.9 Å². The van der Waals surface area contributed by atoms with Crippen LogP contribution in [0.1, 0.15) is 39.0 Å². The monoisotopic (exact) mass is 226 g/mol. The van der Waals surface area contributed by atoms with Gasteiger partial charge in [0.05, 0.1) is 0 Å². The van der Waals surface area contributed by atoms with Crippen molar-refractivity contribution in [1.29, 1.82) is 0 Å². The second kappa shape index (κ2) is 5.99. The highest BCUT2D eigenvalue weighted by Crippen LogP contribution is 2.26. The molecule has 1 saturated heterocycles. The second-order valence-electron chi connectivity index (χ2n) is 5.39. The lowest BCUT2D eigenvalue weighted by molar-refractivity contribution is 0.142. The van der Waals surface area contributed by atoms with E-state index in [1.807, 2.05) is 0 Å². The van der Waals surface area contributed by atoms with Gasteiger partial charge in [-0.05, 0) is 46.1 Å². The van der Waals surface area contributed by atoms with Crippen LogP contribution in [0.4, 0.5) is 0 Å². The summed E-state index contributed by atoms with van der Waals surface area (Å²) in [6, 6.07) is 2.21. The lowest BCUT2D eigenvalue weighted by Gasteiger charge is -2.27. The Morgan fingerprint density at radius 2 is 2.06 bits per heavy atom. The molecule has 0 amide bonds. The predicted molar refractivity (Wildman–Crippen MR) is 66.7 cm³/mol. The molecule has 2 aliphatic rings. The van der Waals surface area contributed by atoms with E-state index < -0.39 is 0 Å². The fourth-order valence-electron chi connectivity index (χ4n) is 2.43. The number of ether oxygens (including phenoxy) is 1. The van der Waals surface area contributed by atoms with Crippen LogP contribution < -0.4 is 5.32 Å². The Kier molecular flexibility index (Phi) is 4.62. The molecule has 16 heavy (non-hydrogen) atoms. The Morgan fingerprint density at radius 3 is 2.81 bits per heavy atom. The zero-order chi connectivity index (χ0) is 11.4. The van der Waals surface area contributed by atoms with Crippen LogP contribution in [0.3, 0.4) is 0 Å². The first kappa shape index (κ1) is 12.3. The molecule has 1 heterocycles. The minimum Gasteiger partial charge on any atom is -0.381 e. The molecule has 2 fully saturated rings. The molecule has 2 unspecified atom stereocenters. The Morgan fingerprint density at radius 1 is 1.25 bits per heavy atom. The molecule has 1 aliphatic carbocycles. The highest BCUT2D eigenvalue weighted by atomic mass is 16.5. The van der Waals surface area contributed by atoms with Crippen LogP contribution in [0.5, 0.6) is 0 Å². The van der Waals surface area contributed by atoms with E-state index in [2.05, 4.69) is 24.2 Å². The van der Waals surface area contributed by atoms with E-state index >= 15 is 0 Å². The predicted octanol–water partition coefficient (Wildman–Crippen LogP) is 1.63. The molecule has 1 N–H and O–H groups in total. The summed E-state index contributed by atoms with van der Waals surface area (Å²) in [6.45, 7) is 5.34. The van der Waals surface area contributed by atoms with Crippen molar-refractivity contribution < 1.29 is 4.74 Å². The quantitative estimate of drug-likeness (QED) is 0.771. The molecule has 2 atom stereocenters. The second-order valence-corrected chi connectivity index (χ2v) is 5.39. The maximum Gasteiger partial charge on any atom is 0.0480 e. The van der Waals surface area contributed by atoms with E-state index in [-0.39, 0.29) is 0 Å². The van der Waals surface area contributed by atoms with Crippen LogP contribution in [0, 0.1) is 0 Å². The van der Waals surface area contributed by atoms with Crippen LogP contribution in [0.2, 0.25) is 0 Å². The summed E-state index contributed by atoms with van der Waals surface area (Å²) in [5.41, 5.74) is 0. The van der Waals surface area contributed by atoms with E-state index in [1.165, 1.54) is 32.1 Å². The van der Waals surface area contributed by atoms with Crippen molar-refractivity contribution in [3.8, 4) is 0 Å². The van der Waals surface area contributed by atoms with Crippen LogP contribution >= 0.6 is 0 Å². The summed E-state index contributed by atoms with van der Waals surface area (Å²) in [4.78, 5) is 2.53. The fourth-order valence-corrected chi connectivity index (χ4v) is 2.43. The maximum absolute atomic E-state index is 5.48. The van der Waals surface area contributed by atoms with Gasteiger partial charge in [-0.3, -0.25) is 4.90 Å². The zero-order valence-corrected chi connectivity index (χ0v) is 10.7. The highest BCUT2D eigenvalue weighted by Gasteiger charge is 2.29. The summed E-state index contributed by atoms with van der Waals surface area (Å²) in [6.07, 6.45) is 6.47. The van der Waals surface area contributed by atoms with E-state index in [0.717, 1.165) is 25.8 Å². The Labute approximate surface area is 99.5 Å². The van der Waals surface area contributed by atoms with E-state index in [1.54, 1.807) is 0 Å². The molecule has 2 rings (SSSR count). The van der Waals surface area contributed by atoms with Crippen LogP contribution in [-0.2, 0) is 4.74 Å². The van der Waals surface area contributed by atoms with Crippen molar-refractivity contribution in [3.05, 3.63) is 0 Å². The molecule has 0 spiro atoms. The number of hydrogen-bond donors (Lipinski definition) is 1. The SMILES string of the molecule is CC(CNC1CCCOCC1)N(C)C1CC1. The molecule has 0 aromatic rings. The molecule has 3 heteroatoms. The van der Waals surface area contributed by atoms with Gasteiger partial charge in [-0.1, -0.05) is 0 Å². The van der Waals surface area contributed by atoms with Gasteiger partial charge in [-0.25, -0.2) is 0 Å². The fraction of sp³-hybridized carbons (Fsp3) is 1.00. The van der Waals surface area contributed by atoms with Crippen molar-refractivity contribution >= 4 is 0 Å². The van der Waals surface area contributed by atoms with Crippen molar-refractivity contribution in [2.24, 2.45) is 0 Å². The summed E-state index contributed by atoms with van der Waals surface area (Å²) < 4.78 is 5.48. The minimum atomic E-state index is 0.664. The van der Waals surface area contributed by atoms with Crippen molar-refractivity contribution in [2.75, 3.05) is 26.8 Å². The average molecular weight is 226 g/mol. The van der Waals surface area contributed by atoms with E-state index in [9.17, 15) is 0 Å². The first-order valence-corrected chi connectivity index (χ1v) is 6.80. The molecule has 1 aliphatic heterocycles. The third kappa shape index (κ3) is 3.72. The number of nitrogens with one attached hydrogen (secondary N) is 1. The summed E-state index contributed by atoms with van der Waals surface area (Å²) in [5, 5.41) is 3.70. The van der Waals surface area contributed by atoms with Crippen LogP contribution in [0.15, 0.2) is 0 Å². The van der Waals surface area contributed by atoms with Gasteiger partial charge in [-0.15, -0.1) is 0 Å². The minimum absolute atomic E-state index is 0.664. The standard InChI is InChI=1S/C13H26N2O/c1-11(15(2)13-5-6-13)10-14-12-4-3-8-16-9-7-12/h11-14H,3-10H2,1-2H3. The summed E-state index contributed by atoms with van der Waals surface area (Å²) in [5.74, 6) is 0. The van der Waals surface area contributed by atoms with E-state index in [4.69, 9.17) is 4.74 Å². The molecule has 3 nitrogen and oxygen atoms in total. The summed E-state index contributed by atoms with van der Waals surface area (Å²) in [7, 11) is 2.26. The van der Waals surface area contributed by atoms with Crippen molar-refractivity contribution in [3.63, 3.8) is 0 Å². The zero-order valence-electron chi connectivity index (χ0n) is 10.7. The van der Waals surface area contributed by atoms with Gasteiger partial charge < -0.3 is 10.1 Å². The molecule has 94 valence electrons. The topological polar surface area (TPSA) is 24.5 Å². The van der Waals surface area contributed by atoms with Gasteiger partial charge in [0.15, 0.2) is 0 Å². The summed E-state index contributed by atoms with van der Waals surface area (Å²) >= 11 is 0. The number of nitrogens with zero attached hydrogens (tertiary/aromatic N) is 1. The molecule has 0 aromatic heterocycles. The van der Waals surface area contributed by atoms with Crippen LogP contribution in [0.25, 0.3) is 0 Å². The normalized spacial score (nSPS) is 29.1. The molecular formula is C13H26N2O. The largest absolute Gasteiger partial charge is 0.381 e. The first-order chi connectivity index (χ1) is 7.77. The van der Waals surface area contributed by atoms with Crippen molar-refractivity contribution in [1.82, 2.24) is 10.2 Å². The number of hydrogen-bond acceptors (Lipinski definition) is 3. The van der Waals surface area contributed by atoms with E-state index in [0.29, 0.717) is 12.1 Å². The van der Waals surface area contributed by atoms with Crippen molar-refractivity contribution in [2.45, 2.75) is 57.2 Å². The van der Waals surface area contributed by atoms with Gasteiger partial charge in [-0.2, -0.15) is 0 Å². The van der Waals surface area contributed by atoms with Gasteiger partial charge >= 0.3 is 0 Å². The molecule has 0 aromatic carbocycles. The maximum atomic E-state index is 5.48. The Hall–Kier alpha value is -0.120. The Bertz CT molecular complexity index is 196. The third-order valence-corrected chi connectivity index (χ3v) is 3.97. The van der Waals surface area contributed by atoms with Crippen LogP contribution in [-0.4, -0.2) is 49.8 Å². The first-order valence-electron chi connectivity index (χ1n) is 6.80. The Balaban J connectivity index is 1.64. The van der Waals surface area contributed by atoms with Gasteiger partial charge in [0.1, 0.15) is 0 Å². The average Bonchev–Trinajstić information content (AvgIpc) is 3.11. The number of rotatable bonds is 5.